The maximum Gasteiger partial charge on any atom is 0 e. The average Bonchev–Trinajstić information content (AvgIpc) is 2.64. The van der Waals surface area contributed by atoms with Crippen LogP contribution in [-0.4, -0.2) is 14.1 Å². The van der Waals surface area contributed by atoms with Crippen LogP contribution in [0.4, 0.5) is 5.69 Å². The van der Waals surface area contributed by atoms with Crippen LogP contribution in [0.3, 0.4) is 0 Å². The number of hydrogen-bond donors (Lipinski definition) is 0. The number of anilines is 1. The molecule has 0 atom stereocenters. The van der Waals surface area contributed by atoms with E-state index in [0.29, 0.717) is 0 Å². The quantitative estimate of drug-likeness (QED) is 0.431. The number of hydrogen-bond acceptors (Lipinski definition) is 1. The van der Waals surface area contributed by atoms with Gasteiger partial charge in [-0.3, -0.25) is 0 Å². The van der Waals surface area contributed by atoms with Crippen LogP contribution in [0, 0.1) is 13.3 Å². The molecule has 0 aliphatic heterocycles. The van der Waals surface area contributed by atoms with E-state index in [2.05, 4.69) is 30.3 Å². The summed E-state index contributed by atoms with van der Waals surface area (Å²) in [6, 6.07) is 8.24. The van der Waals surface area contributed by atoms with Crippen molar-refractivity contribution in [1.82, 2.24) is 0 Å². The molecule has 4 heteroatoms. The summed E-state index contributed by atoms with van der Waals surface area (Å²) in [5.74, 6) is 0. The van der Waals surface area contributed by atoms with Crippen molar-refractivity contribution in [2.75, 3.05) is 19.0 Å². The summed E-state index contributed by atoms with van der Waals surface area (Å²) in [6.45, 7) is 9.00. The Morgan fingerprint density at radius 2 is 1.31 bits per heavy atom. The van der Waals surface area contributed by atoms with Crippen LogP contribution in [0.15, 0.2) is 24.3 Å². The van der Waals surface area contributed by atoms with Gasteiger partial charge in [0.1, 0.15) is 0 Å². The van der Waals surface area contributed by atoms with Crippen LogP contribution in [0.1, 0.15) is 0 Å². The predicted molar refractivity (Wildman–Crippen MR) is 44.2 cm³/mol. The van der Waals surface area contributed by atoms with Gasteiger partial charge in [0.15, 0.2) is 0 Å². The molecule has 0 aliphatic rings. The van der Waals surface area contributed by atoms with Gasteiger partial charge in [-0.25, -0.2) is 12.1 Å². The predicted octanol–water partition coefficient (Wildman–Crippen LogP) is 1.39. The molecule has 0 aliphatic carbocycles. The first-order valence-electron chi connectivity index (χ1n) is 3.10. The van der Waals surface area contributed by atoms with Crippen molar-refractivity contribution in [2.45, 2.75) is 0 Å². The molecule has 13 heavy (non-hydrogen) atoms. The van der Waals surface area contributed by atoms with E-state index in [9.17, 15) is 0 Å². The molecule has 1 aromatic rings. The maximum atomic E-state index is 7.50. The molecule has 0 N–H and O–H groups in total. The van der Waals surface area contributed by atoms with Crippen molar-refractivity contribution >= 4 is 5.69 Å². The third kappa shape index (κ3) is 9.17. The fraction of sp³-hybridized carbons (Fsp3) is 0.222. The molecule has 0 bridgehead atoms. The first-order valence-corrected chi connectivity index (χ1v) is 3.10. The van der Waals surface area contributed by atoms with Crippen LogP contribution in [0.5, 0.6) is 0 Å². The molecule has 0 spiro atoms. The Morgan fingerprint density at radius 1 is 1.00 bits per heavy atom. The molecule has 0 amide bonds. The van der Waals surface area contributed by atoms with E-state index >= 15 is 0 Å². The molecule has 0 saturated heterocycles. The zero-order chi connectivity index (χ0) is 9.98. The van der Waals surface area contributed by atoms with Crippen LogP contribution < -0.4 is 4.90 Å². The molecular weight excluding hydrogens is 257 g/mol. The van der Waals surface area contributed by atoms with Gasteiger partial charge in [0.25, 0.3) is 0 Å². The second-order valence-corrected chi connectivity index (χ2v) is 2.04. The molecule has 0 unspecified atom stereocenters. The van der Waals surface area contributed by atoms with Crippen molar-refractivity contribution < 1.29 is 28.8 Å². The summed E-state index contributed by atoms with van der Waals surface area (Å²) < 4.78 is 15.0. The first kappa shape index (κ1) is 18.1. The summed E-state index contributed by atoms with van der Waals surface area (Å²) in [7, 11) is 4.07. The minimum Gasteiger partial charge on any atom is 0 e. The molecule has 1 rings (SSSR count). The van der Waals surface area contributed by atoms with Crippen LogP contribution in [0.25, 0.3) is 0 Å². The normalized spacial score (nSPS) is 6.00. The number of nitrogens with zero attached hydrogens (tertiary/aromatic N) is 1. The van der Waals surface area contributed by atoms with E-state index in [-0.39, 0.29) is 19.5 Å². The van der Waals surface area contributed by atoms with Crippen LogP contribution in [-0.2, 0) is 28.8 Å². The monoisotopic (exact) mass is 267 g/mol. The van der Waals surface area contributed by atoms with Crippen LogP contribution >= 0.6 is 0 Å². The van der Waals surface area contributed by atoms with Crippen molar-refractivity contribution in [2.24, 2.45) is 0 Å². The van der Waals surface area contributed by atoms with Gasteiger partial charge in [-0.15, -0.1) is 0 Å². The van der Waals surface area contributed by atoms with E-state index in [1.165, 1.54) is 5.69 Å². The third-order valence-corrected chi connectivity index (χ3v) is 1.16. The Morgan fingerprint density at radius 3 is 1.46 bits per heavy atom. The van der Waals surface area contributed by atoms with Gasteiger partial charge in [-0.1, -0.05) is 5.69 Å². The maximum absolute atomic E-state index is 7.50. The standard InChI is InChI=1S/C7H10N.2CO.Rh/c1-8(2)7-5-3-4-6-7;2*1-2;/h3-6H,1-2H3;;;/q-1;;;. The molecule has 73 valence electrons. The molecule has 3 nitrogen and oxygen atoms in total. The topological polar surface area (TPSA) is 43.0 Å². The summed E-state index contributed by atoms with van der Waals surface area (Å²) in [6.07, 6.45) is 0. The van der Waals surface area contributed by atoms with Crippen molar-refractivity contribution in [3.63, 3.8) is 0 Å². The van der Waals surface area contributed by atoms with Gasteiger partial charge in [0.2, 0.25) is 0 Å². The Balaban J connectivity index is -0.000000178. The third-order valence-electron chi connectivity index (χ3n) is 1.16. The van der Waals surface area contributed by atoms with Crippen LogP contribution in [0.2, 0.25) is 0 Å². The number of rotatable bonds is 1. The Labute approximate surface area is 91.3 Å². The van der Waals surface area contributed by atoms with E-state index in [0.717, 1.165) is 0 Å². The summed E-state index contributed by atoms with van der Waals surface area (Å²) in [4.78, 5) is 2.08. The molecule has 1 radical (unpaired) electrons. The van der Waals surface area contributed by atoms with E-state index in [1.54, 1.807) is 0 Å². The van der Waals surface area contributed by atoms with Gasteiger partial charge in [-0.2, -0.15) is 12.1 Å². The van der Waals surface area contributed by atoms with E-state index in [1.807, 2.05) is 26.2 Å². The zero-order valence-corrected chi connectivity index (χ0v) is 9.05. The minimum atomic E-state index is 0. The Bertz CT molecular complexity index is 208. The van der Waals surface area contributed by atoms with Crippen molar-refractivity contribution in [3.8, 4) is 0 Å². The second-order valence-electron chi connectivity index (χ2n) is 2.04. The zero-order valence-electron chi connectivity index (χ0n) is 7.41. The van der Waals surface area contributed by atoms with Gasteiger partial charge in [0, 0.05) is 19.5 Å². The van der Waals surface area contributed by atoms with Crippen molar-refractivity contribution in [1.29, 1.82) is 0 Å². The summed E-state index contributed by atoms with van der Waals surface area (Å²) in [5, 5.41) is 0. The summed E-state index contributed by atoms with van der Waals surface area (Å²) >= 11 is 0. The van der Waals surface area contributed by atoms with E-state index in [4.69, 9.17) is 9.30 Å². The SMILES string of the molecule is CN(C)[c-]1cccc1.[C-]#[O+].[C-]#[O+].[Rh]. The smallest absolute Gasteiger partial charge is 0 e. The second kappa shape index (κ2) is 13.8. The van der Waals surface area contributed by atoms with Gasteiger partial charge >= 0.3 is 22.6 Å². The van der Waals surface area contributed by atoms with Gasteiger partial charge in [0.05, 0.1) is 0 Å². The largest absolute Gasteiger partial charge is 0 e. The fourth-order valence-electron chi connectivity index (χ4n) is 0.662. The fourth-order valence-corrected chi connectivity index (χ4v) is 0.662. The molecule has 0 fully saturated rings. The summed E-state index contributed by atoms with van der Waals surface area (Å²) in [5.41, 5.74) is 1.27. The average molecular weight is 267 g/mol. The first-order chi connectivity index (χ1) is 5.80. The molecule has 1 aromatic carbocycles. The van der Waals surface area contributed by atoms with E-state index < -0.39 is 0 Å². The molecule has 0 heterocycles. The Hall–Kier alpha value is -0.747. The molecular formula is C9H10NO2Rh-. The minimum absolute atomic E-state index is 0. The van der Waals surface area contributed by atoms with Crippen molar-refractivity contribution in [3.05, 3.63) is 37.6 Å². The Kier molecular flexibility index (Phi) is 19.3. The van der Waals surface area contributed by atoms with Gasteiger partial charge < -0.3 is 4.90 Å². The molecule has 0 saturated carbocycles. The van der Waals surface area contributed by atoms with Gasteiger partial charge in [-0.05, 0) is 14.1 Å². The molecule has 0 aromatic heterocycles.